The molecule has 1 heterocycles. The number of rotatable bonds is 3. The Hall–Kier alpha value is -1.42. The molecule has 1 aliphatic rings. The van der Waals surface area contributed by atoms with E-state index in [1.54, 1.807) is 6.07 Å². The smallest absolute Gasteiger partial charge is 0.161 e. The van der Waals surface area contributed by atoms with Gasteiger partial charge in [-0.3, -0.25) is 4.79 Å². The summed E-state index contributed by atoms with van der Waals surface area (Å²) in [7, 11) is 0. The molecule has 0 spiro atoms. The first-order valence-electron chi connectivity index (χ1n) is 5.81. The van der Waals surface area contributed by atoms with Gasteiger partial charge >= 0.3 is 0 Å². The Balaban J connectivity index is 2.40. The van der Waals surface area contributed by atoms with Crippen LogP contribution in [0, 0.1) is 5.82 Å². The molecule has 17 heavy (non-hydrogen) atoms. The van der Waals surface area contributed by atoms with Crippen LogP contribution in [0.4, 0.5) is 10.1 Å². The quantitative estimate of drug-likeness (QED) is 0.817. The molecule has 0 aromatic heterocycles. The summed E-state index contributed by atoms with van der Waals surface area (Å²) in [5.74, 6) is -0.554. The number of aliphatic hydroxyl groups excluding tert-OH is 1. The number of ketones is 1. The highest BCUT2D eigenvalue weighted by Gasteiger charge is 2.26. The molecule has 1 unspecified atom stereocenters. The molecule has 1 saturated heterocycles. The van der Waals surface area contributed by atoms with Gasteiger partial charge < -0.3 is 10.0 Å². The fraction of sp³-hybridized carbons (Fsp3) is 0.462. The second-order valence-electron chi connectivity index (χ2n) is 4.39. The lowest BCUT2D eigenvalue weighted by molar-refractivity contribution is 0.101. The van der Waals surface area contributed by atoms with Crippen molar-refractivity contribution in [3.8, 4) is 0 Å². The van der Waals surface area contributed by atoms with Gasteiger partial charge in [0.15, 0.2) is 5.78 Å². The van der Waals surface area contributed by atoms with Crippen LogP contribution in [-0.2, 0) is 0 Å². The van der Waals surface area contributed by atoms with Crippen molar-refractivity contribution in [2.75, 3.05) is 18.1 Å². The van der Waals surface area contributed by atoms with E-state index in [0.29, 0.717) is 5.56 Å². The molecule has 2 rings (SSSR count). The zero-order chi connectivity index (χ0) is 12.4. The van der Waals surface area contributed by atoms with Gasteiger partial charge in [0.05, 0.1) is 12.6 Å². The third-order valence-corrected chi connectivity index (χ3v) is 3.24. The fourth-order valence-corrected chi connectivity index (χ4v) is 2.38. The van der Waals surface area contributed by atoms with Crippen molar-refractivity contribution >= 4 is 11.5 Å². The Morgan fingerprint density at radius 2 is 2.35 bits per heavy atom. The second-order valence-corrected chi connectivity index (χ2v) is 4.39. The van der Waals surface area contributed by atoms with Gasteiger partial charge in [-0.25, -0.2) is 4.39 Å². The minimum Gasteiger partial charge on any atom is -0.394 e. The minimum atomic E-state index is -0.404. The molecule has 3 nitrogen and oxygen atoms in total. The van der Waals surface area contributed by atoms with Gasteiger partial charge in [0.2, 0.25) is 0 Å². The Bertz CT molecular complexity index is 433. The number of anilines is 1. The molecule has 0 radical (unpaired) electrons. The van der Waals surface area contributed by atoms with E-state index in [4.69, 9.17) is 0 Å². The topological polar surface area (TPSA) is 40.5 Å². The zero-order valence-electron chi connectivity index (χ0n) is 9.82. The van der Waals surface area contributed by atoms with Crippen LogP contribution in [0.5, 0.6) is 0 Å². The van der Waals surface area contributed by atoms with Gasteiger partial charge in [0, 0.05) is 17.8 Å². The summed E-state index contributed by atoms with van der Waals surface area (Å²) in [6.07, 6.45) is 1.89. The molecule has 1 atom stereocenters. The molecule has 92 valence electrons. The average Bonchev–Trinajstić information content (AvgIpc) is 2.76. The first-order chi connectivity index (χ1) is 8.13. The van der Waals surface area contributed by atoms with Gasteiger partial charge in [0.25, 0.3) is 0 Å². The maximum absolute atomic E-state index is 13.2. The number of hydrogen-bond acceptors (Lipinski definition) is 3. The van der Waals surface area contributed by atoms with Crippen molar-refractivity contribution in [2.45, 2.75) is 25.8 Å². The van der Waals surface area contributed by atoms with Crippen LogP contribution in [0.2, 0.25) is 0 Å². The average molecular weight is 237 g/mol. The highest BCUT2D eigenvalue weighted by atomic mass is 19.1. The molecule has 0 saturated carbocycles. The molecule has 4 heteroatoms. The zero-order valence-corrected chi connectivity index (χ0v) is 9.82. The van der Waals surface area contributed by atoms with Crippen LogP contribution >= 0.6 is 0 Å². The Kier molecular flexibility index (Phi) is 3.43. The highest BCUT2D eigenvalue weighted by molar-refractivity contribution is 5.99. The summed E-state index contributed by atoms with van der Waals surface area (Å²) < 4.78 is 13.2. The highest BCUT2D eigenvalue weighted by Crippen LogP contribution is 2.29. The van der Waals surface area contributed by atoms with E-state index in [1.807, 2.05) is 4.90 Å². The monoisotopic (exact) mass is 237 g/mol. The predicted molar refractivity (Wildman–Crippen MR) is 63.9 cm³/mol. The van der Waals surface area contributed by atoms with Crippen LogP contribution in [0.25, 0.3) is 0 Å². The summed E-state index contributed by atoms with van der Waals surface area (Å²) in [4.78, 5) is 13.5. The first-order valence-corrected chi connectivity index (χ1v) is 5.81. The van der Waals surface area contributed by atoms with E-state index in [-0.39, 0.29) is 18.4 Å². The van der Waals surface area contributed by atoms with Crippen LogP contribution in [0.15, 0.2) is 18.2 Å². The molecular weight excluding hydrogens is 221 g/mol. The lowest BCUT2D eigenvalue weighted by Gasteiger charge is -2.27. The van der Waals surface area contributed by atoms with Crippen LogP contribution < -0.4 is 4.90 Å². The van der Waals surface area contributed by atoms with Crippen LogP contribution in [0.1, 0.15) is 30.1 Å². The first kappa shape index (κ1) is 12.0. The number of Topliss-reactive ketones (excluding diaryl/α,β-unsaturated/α-hetero) is 1. The van der Waals surface area contributed by atoms with Crippen molar-refractivity contribution in [2.24, 2.45) is 0 Å². The number of hydrogen-bond donors (Lipinski definition) is 1. The van der Waals surface area contributed by atoms with Gasteiger partial charge in [0.1, 0.15) is 5.82 Å². The van der Waals surface area contributed by atoms with Crippen molar-refractivity contribution in [3.05, 3.63) is 29.6 Å². The molecule has 1 aliphatic heterocycles. The Labute approximate surface area is 99.9 Å². The number of halogens is 1. The SMILES string of the molecule is CC(=O)c1cc(F)ccc1N1CCCC1CO. The number of nitrogens with zero attached hydrogens (tertiary/aromatic N) is 1. The number of aliphatic hydroxyl groups is 1. The standard InChI is InChI=1S/C13H16FNO2/c1-9(17)12-7-10(14)4-5-13(12)15-6-2-3-11(15)8-16/h4-5,7,11,16H,2-3,6,8H2,1H3. The largest absolute Gasteiger partial charge is 0.394 e. The van der Waals surface area contributed by atoms with Crippen LogP contribution in [0.3, 0.4) is 0 Å². The molecule has 1 aromatic rings. The summed E-state index contributed by atoms with van der Waals surface area (Å²) in [5.41, 5.74) is 1.13. The van der Waals surface area contributed by atoms with E-state index < -0.39 is 5.82 Å². The molecular formula is C13H16FNO2. The number of carbonyl (C=O) groups excluding carboxylic acids is 1. The fourth-order valence-electron chi connectivity index (χ4n) is 2.38. The van der Waals surface area contributed by atoms with Gasteiger partial charge in [-0.05, 0) is 38.0 Å². The van der Waals surface area contributed by atoms with Gasteiger partial charge in [-0.15, -0.1) is 0 Å². The second kappa shape index (κ2) is 4.84. The Morgan fingerprint density at radius 3 is 3.00 bits per heavy atom. The van der Waals surface area contributed by atoms with Crippen LogP contribution in [-0.4, -0.2) is 30.1 Å². The third kappa shape index (κ3) is 2.31. The lowest BCUT2D eigenvalue weighted by Crippen LogP contribution is -2.33. The van der Waals surface area contributed by atoms with Crippen molar-refractivity contribution < 1.29 is 14.3 Å². The van der Waals surface area contributed by atoms with Crippen molar-refractivity contribution in [1.29, 1.82) is 0 Å². The molecule has 1 fully saturated rings. The van der Waals surface area contributed by atoms with E-state index >= 15 is 0 Å². The summed E-state index contributed by atoms with van der Waals surface area (Å²) in [5, 5.41) is 9.28. The van der Waals surface area contributed by atoms with Gasteiger partial charge in [-0.2, -0.15) is 0 Å². The normalized spacial score (nSPS) is 19.7. The lowest BCUT2D eigenvalue weighted by atomic mass is 10.1. The van der Waals surface area contributed by atoms with Crippen molar-refractivity contribution in [3.63, 3.8) is 0 Å². The molecule has 0 amide bonds. The molecule has 1 N–H and O–H groups in total. The summed E-state index contributed by atoms with van der Waals surface area (Å²) in [6.45, 7) is 2.30. The number of benzene rings is 1. The third-order valence-electron chi connectivity index (χ3n) is 3.24. The summed E-state index contributed by atoms with van der Waals surface area (Å²) >= 11 is 0. The predicted octanol–water partition coefficient (Wildman–Crippen LogP) is 1.99. The van der Waals surface area contributed by atoms with E-state index in [9.17, 15) is 14.3 Å². The van der Waals surface area contributed by atoms with E-state index in [2.05, 4.69) is 0 Å². The molecule has 0 bridgehead atoms. The van der Waals surface area contributed by atoms with Gasteiger partial charge in [-0.1, -0.05) is 0 Å². The molecule has 0 aliphatic carbocycles. The van der Waals surface area contributed by atoms with Crippen molar-refractivity contribution in [1.82, 2.24) is 0 Å². The number of carbonyl (C=O) groups is 1. The van der Waals surface area contributed by atoms with E-state index in [0.717, 1.165) is 25.1 Å². The summed E-state index contributed by atoms with van der Waals surface area (Å²) in [6, 6.07) is 4.29. The Morgan fingerprint density at radius 1 is 1.59 bits per heavy atom. The molecule has 1 aromatic carbocycles. The maximum atomic E-state index is 13.2. The minimum absolute atomic E-state index is 0.0403. The maximum Gasteiger partial charge on any atom is 0.161 e. The van der Waals surface area contributed by atoms with E-state index in [1.165, 1.54) is 19.1 Å².